The Labute approximate surface area is 148 Å². The van der Waals surface area contributed by atoms with Gasteiger partial charge in [0.05, 0.1) is 16.5 Å². The SMILES string of the molecule is O=C(NC1CCN(c2ncc(C(F)(F)F)cc2Cl)C1)C1CCCNC1. The van der Waals surface area contributed by atoms with Crippen LogP contribution in [0.2, 0.25) is 5.02 Å². The van der Waals surface area contributed by atoms with Crippen molar-refractivity contribution in [2.75, 3.05) is 31.1 Å². The molecule has 25 heavy (non-hydrogen) atoms. The summed E-state index contributed by atoms with van der Waals surface area (Å²) in [5, 5.41) is 6.21. The number of anilines is 1. The zero-order valence-electron chi connectivity index (χ0n) is 13.6. The van der Waals surface area contributed by atoms with Gasteiger partial charge in [0.15, 0.2) is 0 Å². The summed E-state index contributed by atoms with van der Waals surface area (Å²) in [6, 6.07) is 0.846. The van der Waals surface area contributed by atoms with Crippen LogP contribution in [0.4, 0.5) is 19.0 Å². The molecule has 0 bridgehead atoms. The summed E-state index contributed by atoms with van der Waals surface area (Å²) in [6.07, 6.45) is -1.10. The monoisotopic (exact) mass is 376 g/mol. The second-order valence-corrected chi connectivity index (χ2v) is 6.92. The minimum absolute atomic E-state index is 0.0180. The number of aromatic nitrogens is 1. The van der Waals surface area contributed by atoms with E-state index in [4.69, 9.17) is 11.6 Å². The Morgan fingerprint density at radius 2 is 2.20 bits per heavy atom. The van der Waals surface area contributed by atoms with Gasteiger partial charge in [-0.3, -0.25) is 4.79 Å². The Kier molecular flexibility index (Phi) is 5.38. The molecule has 2 atom stereocenters. The molecular weight excluding hydrogens is 357 g/mol. The second-order valence-electron chi connectivity index (χ2n) is 6.51. The molecule has 3 rings (SSSR count). The first-order valence-electron chi connectivity index (χ1n) is 8.33. The molecule has 1 aromatic heterocycles. The van der Waals surface area contributed by atoms with E-state index in [1.807, 2.05) is 4.90 Å². The molecule has 9 heteroatoms. The normalized spacial score (nSPS) is 24.4. The minimum atomic E-state index is -4.47. The molecule has 1 amide bonds. The van der Waals surface area contributed by atoms with Crippen molar-refractivity contribution in [3.05, 3.63) is 22.8 Å². The highest BCUT2D eigenvalue weighted by Gasteiger charge is 2.33. The summed E-state index contributed by atoms with van der Waals surface area (Å²) in [7, 11) is 0. The van der Waals surface area contributed by atoms with Gasteiger partial charge in [-0.15, -0.1) is 0 Å². The van der Waals surface area contributed by atoms with Crippen LogP contribution in [0.15, 0.2) is 12.3 Å². The van der Waals surface area contributed by atoms with Crippen LogP contribution >= 0.6 is 11.6 Å². The van der Waals surface area contributed by atoms with Crippen LogP contribution in [0.1, 0.15) is 24.8 Å². The number of amides is 1. The van der Waals surface area contributed by atoms with Crippen LogP contribution in [-0.2, 0) is 11.0 Å². The quantitative estimate of drug-likeness (QED) is 0.850. The topological polar surface area (TPSA) is 57.3 Å². The highest BCUT2D eigenvalue weighted by atomic mass is 35.5. The first kappa shape index (κ1) is 18.3. The number of halogens is 4. The summed E-state index contributed by atoms with van der Waals surface area (Å²) in [6.45, 7) is 2.71. The van der Waals surface area contributed by atoms with E-state index in [0.29, 0.717) is 31.9 Å². The number of alkyl halides is 3. The zero-order chi connectivity index (χ0) is 18.0. The molecule has 0 radical (unpaired) electrons. The Morgan fingerprint density at radius 1 is 1.40 bits per heavy atom. The molecule has 0 spiro atoms. The van der Waals surface area contributed by atoms with Crippen LogP contribution in [-0.4, -0.2) is 43.1 Å². The number of rotatable bonds is 3. The average Bonchev–Trinajstić information content (AvgIpc) is 3.03. The highest BCUT2D eigenvalue weighted by Crippen LogP contribution is 2.34. The molecule has 0 saturated carbocycles. The number of carbonyl (C=O) groups is 1. The third-order valence-electron chi connectivity index (χ3n) is 4.65. The molecule has 2 unspecified atom stereocenters. The first-order valence-corrected chi connectivity index (χ1v) is 8.71. The molecule has 2 aliphatic heterocycles. The van der Waals surface area contributed by atoms with Gasteiger partial charge in [-0.2, -0.15) is 13.2 Å². The number of carbonyl (C=O) groups excluding carboxylic acids is 1. The summed E-state index contributed by atoms with van der Waals surface area (Å²) in [4.78, 5) is 18.0. The van der Waals surface area contributed by atoms with E-state index in [1.165, 1.54) is 0 Å². The van der Waals surface area contributed by atoms with Gasteiger partial charge in [0.2, 0.25) is 5.91 Å². The predicted molar refractivity (Wildman–Crippen MR) is 88.6 cm³/mol. The van der Waals surface area contributed by atoms with Crippen LogP contribution in [0.25, 0.3) is 0 Å². The number of piperidine rings is 1. The van der Waals surface area contributed by atoms with Crippen molar-refractivity contribution in [2.24, 2.45) is 5.92 Å². The molecule has 138 valence electrons. The lowest BCUT2D eigenvalue weighted by Crippen LogP contribution is -2.45. The second kappa shape index (κ2) is 7.37. The van der Waals surface area contributed by atoms with Crippen molar-refractivity contribution in [3.63, 3.8) is 0 Å². The standard InChI is InChI=1S/C16H20ClF3N4O/c17-13-6-11(16(18,19)20)8-22-14(13)24-5-3-12(9-24)23-15(25)10-2-1-4-21-7-10/h6,8,10,12,21H,1-5,7,9H2,(H,23,25). The molecule has 1 aromatic rings. The zero-order valence-corrected chi connectivity index (χ0v) is 14.3. The van der Waals surface area contributed by atoms with E-state index < -0.39 is 11.7 Å². The number of nitrogens with one attached hydrogen (secondary N) is 2. The van der Waals surface area contributed by atoms with Crippen molar-refractivity contribution in [1.29, 1.82) is 0 Å². The predicted octanol–water partition coefficient (Wildman–Crippen LogP) is 2.45. The smallest absolute Gasteiger partial charge is 0.353 e. The molecule has 2 fully saturated rings. The lowest BCUT2D eigenvalue weighted by Gasteiger charge is -2.24. The average molecular weight is 377 g/mol. The summed E-state index contributed by atoms with van der Waals surface area (Å²) < 4.78 is 38.1. The van der Waals surface area contributed by atoms with Gasteiger partial charge >= 0.3 is 6.18 Å². The summed E-state index contributed by atoms with van der Waals surface area (Å²) >= 11 is 5.99. The molecule has 2 aliphatic rings. The van der Waals surface area contributed by atoms with Gasteiger partial charge in [0.25, 0.3) is 0 Å². The van der Waals surface area contributed by atoms with Gasteiger partial charge < -0.3 is 15.5 Å². The van der Waals surface area contributed by atoms with Crippen LogP contribution in [0, 0.1) is 5.92 Å². The van der Waals surface area contributed by atoms with Gasteiger partial charge in [-0.1, -0.05) is 11.6 Å². The van der Waals surface area contributed by atoms with Crippen LogP contribution in [0.3, 0.4) is 0 Å². The van der Waals surface area contributed by atoms with Crippen molar-refractivity contribution in [2.45, 2.75) is 31.5 Å². The maximum atomic E-state index is 12.7. The lowest BCUT2D eigenvalue weighted by molar-refractivity contribution is -0.137. The molecule has 2 saturated heterocycles. The molecule has 3 heterocycles. The van der Waals surface area contributed by atoms with E-state index in [1.54, 1.807) is 0 Å². The first-order chi connectivity index (χ1) is 11.8. The third kappa shape index (κ3) is 4.36. The Hall–Kier alpha value is -1.54. The molecule has 0 aromatic carbocycles. The molecule has 0 aliphatic carbocycles. The Bertz CT molecular complexity index is 634. The third-order valence-corrected chi connectivity index (χ3v) is 4.93. The number of hydrogen-bond donors (Lipinski definition) is 2. The number of nitrogens with zero attached hydrogens (tertiary/aromatic N) is 2. The Balaban J connectivity index is 1.60. The minimum Gasteiger partial charge on any atom is -0.353 e. The fourth-order valence-electron chi connectivity index (χ4n) is 3.28. The maximum Gasteiger partial charge on any atom is 0.417 e. The largest absolute Gasteiger partial charge is 0.417 e. The molecule has 2 N–H and O–H groups in total. The fourth-order valence-corrected chi connectivity index (χ4v) is 3.57. The van der Waals surface area contributed by atoms with E-state index in [2.05, 4.69) is 15.6 Å². The fraction of sp³-hybridized carbons (Fsp3) is 0.625. The van der Waals surface area contributed by atoms with Gasteiger partial charge in [0, 0.05) is 31.9 Å². The highest BCUT2D eigenvalue weighted by molar-refractivity contribution is 6.33. The van der Waals surface area contributed by atoms with Gasteiger partial charge in [-0.05, 0) is 31.9 Å². The van der Waals surface area contributed by atoms with Crippen LogP contribution < -0.4 is 15.5 Å². The summed E-state index contributed by atoms with van der Waals surface area (Å²) in [5.74, 6) is 0.340. The van der Waals surface area contributed by atoms with Crippen molar-refractivity contribution >= 4 is 23.3 Å². The van der Waals surface area contributed by atoms with Crippen molar-refractivity contribution < 1.29 is 18.0 Å². The van der Waals surface area contributed by atoms with E-state index >= 15 is 0 Å². The Morgan fingerprint density at radius 3 is 2.84 bits per heavy atom. The number of pyridine rings is 1. The van der Waals surface area contributed by atoms with Crippen LogP contribution in [0.5, 0.6) is 0 Å². The van der Waals surface area contributed by atoms with Crippen molar-refractivity contribution in [3.8, 4) is 0 Å². The van der Waals surface area contributed by atoms with E-state index in [0.717, 1.165) is 31.6 Å². The van der Waals surface area contributed by atoms with Gasteiger partial charge in [0.1, 0.15) is 5.82 Å². The molecular formula is C16H20ClF3N4O. The van der Waals surface area contributed by atoms with E-state index in [-0.39, 0.29) is 22.9 Å². The number of hydrogen-bond acceptors (Lipinski definition) is 4. The molecule has 5 nitrogen and oxygen atoms in total. The maximum absolute atomic E-state index is 12.7. The van der Waals surface area contributed by atoms with Gasteiger partial charge in [-0.25, -0.2) is 4.98 Å². The summed E-state index contributed by atoms with van der Waals surface area (Å²) in [5.41, 5.74) is -0.866. The van der Waals surface area contributed by atoms with E-state index in [9.17, 15) is 18.0 Å². The van der Waals surface area contributed by atoms with Crippen molar-refractivity contribution in [1.82, 2.24) is 15.6 Å². The lowest BCUT2D eigenvalue weighted by atomic mass is 9.98.